The van der Waals surface area contributed by atoms with Crippen LogP contribution in [0.25, 0.3) is 11.4 Å². The van der Waals surface area contributed by atoms with Crippen molar-refractivity contribution in [2.24, 2.45) is 0 Å². The molecule has 1 aromatic heterocycles. The summed E-state index contributed by atoms with van der Waals surface area (Å²) in [6, 6.07) is 6.57. The third-order valence-electron chi connectivity index (χ3n) is 3.46. The Labute approximate surface area is 141 Å². The number of aromatic amines is 1. The summed E-state index contributed by atoms with van der Waals surface area (Å²) in [4.78, 5) is 4.31. The number of nitrogens with one attached hydrogen (secondary N) is 1. The van der Waals surface area contributed by atoms with Crippen molar-refractivity contribution in [3.8, 4) is 17.1 Å². The van der Waals surface area contributed by atoms with Gasteiger partial charge in [-0.3, -0.25) is 5.10 Å². The lowest BCUT2D eigenvalue weighted by Gasteiger charge is -2.07. The number of methoxy groups -OCH3 is 1. The molecule has 124 valence electrons. The lowest BCUT2D eigenvalue weighted by molar-refractivity contribution is 0.416. The molecule has 0 radical (unpaired) electrons. The Morgan fingerprint density at radius 2 is 2.04 bits per heavy atom. The van der Waals surface area contributed by atoms with Gasteiger partial charge in [0.1, 0.15) is 23.2 Å². The number of nitrogens with zero attached hydrogens (tertiary/aromatic N) is 2. The molecule has 3 N–H and O–H groups in total. The van der Waals surface area contributed by atoms with Crippen molar-refractivity contribution in [3.63, 3.8) is 0 Å². The first-order valence-electron chi connectivity index (χ1n) is 6.96. The van der Waals surface area contributed by atoms with E-state index in [1.807, 2.05) is 0 Å². The SMILES string of the molecule is COc1cc(N)c(Cl)cc1-c1n[nH]c(Cc2ccc(F)cc2F)n1. The number of benzene rings is 2. The number of hydrogen-bond acceptors (Lipinski definition) is 4. The lowest BCUT2D eigenvalue weighted by atomic mass is 10.1. The second-order valence-electron chi connectivity index (χ2n) is 5.09. The van der Waals surface area contributed by atoms with E-state index in [1.54, 1.807) is 12.1 Å². The van der Waals surface area contributed by atoms with E-state index in [-0.39, 0.29) is 6.42 Å². The average Bonchev–Trinajstić information content (AvgIpc) is 3.00. The molecule has 0 spiro atoms. The molecule has 0 saturated carbocycles. The zero-order valence-electron chi connectivity index (χ0n) is 12.6. The molecule has 0 fully saturated rings. The number of rotatable bonds is 4. The van der Waals surface area contributed by atoms with Gasteiger partial charge >= 0.3 is 0 Å². The van der Waals surface area contributed by atoms with Crippen LogP contribution >= 0.6 is 11.6 Å². The van der Waals surface area contributed by atoms with Crippen LogP contribution in [0.5, 0.6) is 5.75 Å². The molecule has 0 aliphatic rings. The Kier molecular flexibility index (Phi) is 4.35. The quantitative estimate of drug-likeness (QED) is 0.705. The van der Waals surface area contributed by atoms with Crippen molar-refractivity contribution in [1.29, 1.82) is 0 Å². The van der Waals surface area contributed by atoms with Crippen molar-refractivity contribution in [2.75, 3.05) is 12.8 Å². The number of halogens is 3. The monoisotopic (exact) mass is 350 g/mol. The van der Waals surface area contributed by atoms with Crippen LogP contribution in [0, 0.1) is 11.6 Å². The molecule has 0 unspecified atom stereocenters. The predicted molar refractivity (Wildman–Crippen MR) is 87.0 cm³/mol. The summed E-state index contributed by atoms with van der Waals surface area (Å²) in [5.74, 6) is -0.0380. The summed E-state index contributed by atoms with van der Waals surface area (Å²) in [5.41, 5.74) is 6.98. The molecule has 0 amide bonds. The molecule has 0 aliphatic heterocycles. The number of nitrogen functional groups attached to an aromatic ring is 1. The van der Waals surface area contributed by atoms with Crippen LogP contribution < -0.4 is 10.5 Å². The Hall–Kier alpha value is -2.67. The van der Waals surface area contributed by atoms with E-state index in [4.69, 9.17) is 22.1 Å². The summed E-state index contributed by atoms with van der Waals surface area (Å²) in [5, 5.41) is 7.17. The maximum absolute atomic E-state index is 13.7. The molecule has 8 heteroatoms. The van der Waals surface area contributed by atoms with E-state index in [9.17, 15) is 8.78 Å². The molecular formula is C16H13ClF2N4O. The minimum Gasteiger partial charge on any atom is -0.496 e. The van der Waals surface area contributed by atoms with E-state index in [0.717, 1.165) is 6.07 Å². The molecule has 0 aliphatic carbocycles. The summed E-state index contributed by atoms with van der Waals surface area (Å²) in [6.45, 7) is 0. The van der Waals surface area contributed by atoms with Gasteiger partial charge in [0.15, 0.2) is 5.82 Å². The van der Waals surface area contributed by atoms with Crippen LogP contribution in [0.1, 0.15) is 11.4 Å². The normalized spacial score (nSPS) is 10.8. The topological polar surface area (TPSA) is 76.8 Å². The molecule has 0 atom stereocenters. The average molecular weight is 351 g/mol. The molecule has 3 aromatic rings. The molecule has 0 saturated heterocycles. The van der Waals surface area contributed by atoms with E-state index in [2.05, 4.69) is 15.2 Å². The lowest BCUT2D eigenvalue weighted by Crippen LogP contribution is -1.96. The highest BCUT2D eigenvalue weighted by molar-refractivity contribution is 6.33. The van der Waals surface area contributed by atoms with Gasteiger partial charge in [0, 0.05) is 18.6 Å². The minimum absolute atomic E-state index is 0.143. The highest BCUT2D eigenvalue weighted by atomic mass is 35.5. The Morgan fingerprint density at radius 3 is 2.75 bits per heavy atom. The third kappa shape index (κ3) is 3.16. The zero-order chi connectivity index (χ0) is 17.3. The van der Waals surface area contributed by atoms with Gasteiger partial charge < -0.3 is 10.5 Å². The van der Waals surface area contributed by atoms with Crippen molar-refractivity contribution < 1.29 is 13.5 Å². The van der Waals surface area contributed by atoms with Gasteiger partial charge in [0.2, 0.25) is 0 Å². The molecule has 2 aromatic carbocycles. The fourth-order valence-electron chi connectivity index (χ4n) is 2.25. The van der Waals surface area contributed by atoms with E-state index < -0.39 is 11.6 Å². The van der Waals surface area contributed by atoms with E-state index in [1.165, 1.54) is 19.2 Å². The fourth-order valence-corrected chi connectivity index (χ4v) is 2.42. The Bertz CT molecular complexity index is 898. The number of ether oxygens (including phenoxy) is 1. The third-order valence-corrected chi connectivity index (χ3v) is 3.79. The largest absolute Gasteiger partial charge is 0.496 e. The van der Waals surface area contributed by atoms with Crippen molar-refractivity contribution in [2.45, 2.75) is 6.42 Å². The smallest absolute Gasteiger partial charge is 0.184 e. The van der Waals surface area contributed by atoms with Crippen LogP contribution in [0.2, 0.25) is 5.02 Å². The number of anilines is 1. The summed E-state index contributed by atoms with van der Waals surface area (Å²) >= 11 is 6.03. The predicted octanol–water partition coefficient (Wildman–Crippen LogP) is 3.58. The second-order valence-corrected chi connectivity index (χ2v) is 5.50. The Balaban J connectivity index is 1.92. The minimum atomic E-state index is -0.638. The van der Waals surface area contributed by atoms with Gasteiger partial charge in [0.25, 0.3) is 0 Å². The van der Waals surface area contributed by atoms with Crippen LogP contribution in [-0.4, -0.2) is 22.3 Å². The van der Waals surface area contributed by atoms with Crippen molar-refractivity contribution in [3.05, 3.63) is 58.4 Å². The highest BCUT2D eigenvalue weighted by Crippen LogP contribution is 2.34. The number of H-pyrrole nitrogens is 1. The standard InChI is InChI=1S/C16H13ClF2N4O/c1-24-14-7-13(20)11(17)6-10(14)16-21-15(22-23-16)4-8-2-3-9(18)5-12(8)19/h2-3,5-7H,4,20H2,1H3,(H,21,22,23). The summed E-state index contributed by atoms with van der Waals surface area (Å²) in [6.07, 6.45) is 0.143. The first-order chi connectivity index (χ1) is 11.5. The van der Waals surface area contributed by atoms with Crippen LogP contribution in [-0.2, 0) is 6.42 Å². The second kappa shape index (κ2) is 6.45. The molecule has 24 heavy (non-hydrogen) atoms. The zero-order valence-corrected chi connectivity index (χ0v) is 13.4. The van der Waals surface area contributed by atoms with Crippen LogP contribution in [0.15, 0.2) is 30.3 Å². The Morgan fingerprint density at radius 1 is 1.25 bits per heavy atom. The molecule has 5 nitrogen and oxygen atoms in total. The van der Waals surface area contributed by atoms with Crippen molar-refractivity contribution >= 4 is 17.3 Å². The van der Waals surface area contributed by atoms with Crippen molar-refractivity contribution in [1.82, 2.24) is 15.2 Å². The van der Waals surface area contributed by atoms with Gasteiger partial charge in [0.05, 0.1) is 23.4 Å². The van der Waals surface area contributed by atoms with Gasteiger partial charge in [-0.05, 0) is 17.7 Å². The molecule has 1 heterocycles. The van der Waals surface area contributed by atoms with Crippen LogP contribution in [0.4, 0.5) is 14.5 Å². The summed E-state index contributed by atoms with van der Waals surface area (Å²) in [7, 11) is 1.49. The van der Waals surface area contributed by atoms with Gasteiger partial charge in [-0.25, -0.2) is 13.8 Å². The summed E-state index contributed by atoms with van der Waals surface area (Å²) < 4.78 is 31.9. The highest BCUT2D eigenvalue weighted by Gasteiger charge is 2.15. The number of aromatic nitrogens is 3. The maximum Gasteiger partial charge on any atom is 0.184 e. The van der Waals surface area contributed by atoms with Gasteiger partial charge in [-0.15, -0.1) is 0 Å². The molecule has 0 bridgehead atoms. The molecule has 3 rings (SSSR count). The van der Waals surface area contributed by atoms with Gasteiger partial charge in [-0.2, -0.15) is 5.10 Å². The maximum atomic E-state index is 13.7. The number of nitrogens with two attached hydrogens (primary N) is 1. The first-order valence-corrected chi connectivity index (χ1v) is 7.34. The molecular weight excluding hydrogens is 338 g/mol. The van der Waals surface area contributed by atoms with Crippen LogP contribution in [0.3, 0.4) is 0 Å². The van der Waals surface area contributed by atoms with E-state index >= 15 is 0 Å². The fraction of sp³-hybridized carbons (Fsp3) is 0.125. The van der Waals surface area contributed by atoms with E-state index in [0.29, 0.717) is 39.2 Å². The number of hydrogen-bond donors (Lipinski definition) is 2. The first kappa shape index (κ1) is 16.2. The van der Waals surface area contributed by atoms with Gasteiger partial charge in [-0.1, -0.05) is 17.7 Å².